The molecule has 3 heteroatoms. The van der Waals surface area contributed by atoms with Crippen molar-refractivity contribution in [1.29, 1.82) is 0 Å². The van der Waals surface area contributed by atoms with Crippen LogP contribution in [0.5, 0.6) is 0 Å². The van der Waals surface area contributed by atoms with Gasteiger partial charge in [-0.3, -0.25) is 0 Å². The predicted octanol–water partition coefficient (Wildman–Crippen LogP) is 4.61. The summed E-state index contributed by atoms with van der Waals surface area (Å²) in [5.74, 6) is 0.986. The number of unbranched alkanes of at least 4 members (excludes halogenated alkanes) is 1. The first-order valence-corrected chi connectivity index (χ1v) is 8.19. The lowest BCUT2D eigenvalue weighted by Crippen LogP contribution is -2.09. The van der Waals surface area contributed by atoms with Gasteiger partial charge in [-0.25, -0.2) is 4.98 Å². The number of hydrogen-bond donors (Lipinski definition) is 1. The van der Waals surface area contributed by atoms with Crippen molar-refractivity contribution in [3.63, 3.8) is 0 Å². The fraction of sp³-hybridized carbons (Fsp3) is 0.500. The normalized spacial score (nSPS) is 14.0. The summed E-state index contributed by atoms with van der Waals surface area (Å²) in [5, 5.41) is 3.58. The van der Waals surface area contributed by atoms with Gasteiger partial charge < -0.3 is 9.88 Å². The van der Waals surface area contributed by atoms with Gasteiger partial charge in [-0.05, 0) is 56.2 Å². The number of aryl methyl sites for hydroxylation is 3. The fourth-order valence-electron chi connectivity index (χ4n) is 3.16. The minimum absolute atomic E-state index is 0.986. The first-order chi connectivity index (χ1) is 10.3. The van der Waals surface area contributed by atoms with Crippen LogP contribution >= 0.6 is 0 Å². The van der Waals surface area contributed by atoms with E-state index in [0.29, 0.717) is 0 Å². The Morgan fingerprint density at radius 2 is 2.10 bits per heavy atom. The molecular weight excluding hydrogens is 258 g/mol. The molecule has 0 amide bonds. The van der Waals surface area contributed by atoms with Crippen molar-refractivity contribution in [1.82, 2.24) is 9.55 Å². The Labute approximate surface area is 127 Å². The van der Waals surface area contributed by atoms with Gasteiger partial charge in [0.05, 0.1) is 5.69 Å². The van der Waals surface area contributed by atoms with Crippen LogP contribution in [0, 0.1) is 6.92 Å². The monoisotopic (exact) mass is 283 g/mol. The van der Waals surface area contributed by atoms with E-state index in [1.54, 1.807) is 0 Å². The van der Waals surface area contributed by atoms with Gasteiger partial charge >= 0.3 is 0 Å². The molecule has 1 aliphatic carbocycles. The molecule has 0 saturated heterocycles. The standard InChI is InChI=1S/C18H25N3/c1-3-4-12-21-13-14(2)19-18(21)20-17-11-7-9-15-8-5-6-10-16(15)17/h7,9,11,13H,3-6,8,10,12H2,1-2H3,(H,19,20). The van der Waals surface area contributed by atoms with Crippen molar-refractivity contribution in [3.05, 3.63) is 41.2 Å². The van der Waals surface area contributed by atoms with Gasteiger partial charge in [0.1, 0.15) is 0 Å². The Morgan fingerprint density at radius 3 is 2.95 bits per heavy atom. The van der Waals surface area contributed by atoms with Crippen LogP contribution in [0.3, 0.4) is 0 Å². The van der Waals surface area contributed by atoms with Crippen LogP contribution in [-0.4, -0.2) is 9.55 Å². The van der Waals surface area contributed by atoms with Crippen molar-refractivity contribution in [3.8, 4) is 0 Å². The van der Waals surface area contributed by atoms with Gasteiger partial charge in [0.25, 0.3) is 0 Å². The van der Waals surface area contributed by atoms with E-state index in [9.17, 15) is 0 Å². The Bertz CT molecular complexity index is 613. The Morgan fingerprint density at radius 1 is 1.24 bits per heavy atom. The van der Waals surface area contributed by atoms with Crippen LogP contribution in [-0.2, 0) is 19.4 Å². The third-order valence-corrected chi connectivity index (χ3v) is 4.29. The van der Waals surface area contributed by atoms with E-state index in [1.165, 1.54) is 55.3 Å². The Balaban J connectivity index is 1.87. The zero-order valence-corrected chi connectivity index (χ0v) is 13.2. The van der Waals surface area contributed by atoms with Gasteiger partial charge in [0.15, 0.2) is 0 Å². The molecule has 0 atom stereocenters. The lowest BCUT2D eigenvalue weighted by atomic mass is 9.90. The van der Waals surface area contributed by atoms with Gasteiger partial charge in [0, 0.05) is 18.4 Å². The molecule has 21 heavy (non-hydrogen) atoms. The van der Waals surface area contributed by atoms with Crippen molar-refractivity contribution < 1.29 is 0 Å². The Hall–Kier alpha value is -1.77. The second-order valence-electron chi connectivity index (χ2n) is 6.03. The van der Waals surface area contributed by atoms with E-state index in [4.69, 9.17) is 0 Å². The lowest BCUT2D eigenvalue weighted by Gasteiger charge is -2.20. The maximum absolute atomic E-state index is 4.66. The molecule has 2 aromatic rings. The van der Waals surface area contributed by atoms with Crippen LogP contribution in [0.4, 0.5) is 11.6 Å². The highest BCUT2D eigenvalue weighted by Crippen LogP contribution is 2.29. The molecule has 0 fully saturated rings. The molecule has 1 N–H and O–H groups in total. The minimum atomic E-state index is 0.986. The predicted molar refractivity (Wildman–Crippen MR) is 88.2 cm³/mol. The summed E-state index contributed by atoms with van der Waals surface area (Å²) >= 11 is 0. The van der Waals surface area contributed by atoms with Gasteiger partial charge in [-0.2, -0.15) is 0 Å². The number of aromatic nitrogens is 2. The molecule has 1 aliphatic rings. The molecule has 3 nitrogen and oxygen atoms in total. The summed E-state index contributed by atoms with van der Waals surface area (Å²) in [5.41, 5.74) is 5.33. The van der Waals surface area contributed by atoms with Crippen LogP contribution in [0.2, 0.25) is 0 Å². The minimum Gasteiger partial charge on any atom is -0.325 e. The summed E-state index contributed by atoms with van der Waals surface area (Å²) in [4.78, 5) is 4.66. The molecule has 0 spiro atoms. The maximum Gasteiger partial charge on any atom is 0.207 e. The van der Waals surface area contributed by atoms with Gasteiger partial charge in [0.2, 0.25) is 5.95 Å². The zero-order valence-electron chi connectivity index (χ0n) is 13.2. The lowest BCUT2D eigenvalue weighted by molar-refractivity contribution is 0.637. The number of anilines is 2. The van der Waals surface area contributed by atoms with E-state index in [-0.39, 0.29) is 0 Å². The number of hydrogen-bond acceptors (Lipinski definition) is 2. The summed E-state index contributed by atoms with van der Waals surface area (Å²) in [6.45, 7) is 5.33. The first-order valence-electron chi connectivity index (χ1n) is 8.19. The number of imidazole rings is 1. The third kappa shape index (κ3) is 3.12. The molecule has 1 aromatic carbocycles. The summed E-state index contributed by atoms with van der Waals surface area (Å²) in [6, 6.07) is 6.63. The summed E-state index contributed by atoms with van der Waals surface area (Å²) in [7, 11) is 0. The third-order valence-electron chi connectivity index (χ3n) is 4.29. The number of fused-ring (bicyclic) bond motifs is 1. The van der Waals surface area contributed by atoms with Crippen molar-refractivity contribution in [2.45, 2.75) is 58.9 Å². The number of benzene rings is 1. The molecular formula is C18H25N3. The maximum atomic E-state index is 4.66. The molecule has 1 aromatic heterocycles. The largest absolute Gasteiger partial charge is 0.325 e. The van der Waals surface area contributed by atoms with Crippen LogP contribution in [0.1, 0.15) is 49.4 Å². The number of nitrogens with zero attached hydrogens (tertiary/aromatic N) is 2. The molecule has 112 valence electrons. The average Bonchev–Trinajstić information content (AvgIpc) is 2.85. The van der Waals surface area contributed by atoms with Crippen LogP contribution in [0.25, 0.3) is 0 Å². The number of rotatable bonds is 5. The van der Waals surface area contributed by atoms with Gasteiger partial charge in [-0.1, -0.05) is 25.5 Å². The van der Waals surface area contributed by atoms with Crippen LogP contribution in [0.15, 0.2) is 24.4 Å². The zero-order chi connectivity index (χ0) is 14.7. The average molecular weight is 283 g/mol. The molecule has 0 saturated carbocycles. The molecule has 1 heterocycles. The molecule has 0 unspecified atom stereocenters. The fourth-order valence-corrected chi connectivity index (χ4v) is 3.16. The van der Waals surface area contributed by atoms with E-state index in [2.05, 4.69) is 53.1 Å². The van der Waals surface area contributed by atoms with E-state index < -0.39 is 0 Å². The van der Waals surface area contributed by atoms with E-state index >= 15 is 0 Å². The SMILES string of the molecule is CCCCn1cc(C)nc1Nc1cccc2c1CCCC2. The topological polar surface area (TPSA) is 29.9 Å². The second-order valence-corrected chi connectivity index (χ2v) is 6.03. The smallest absolute Gasteiger partial charge is 0.207 e. The Kier molecular flexibility index (Phi) is 4.28. The second kappa shape index (κ2) is 6.33. The first kappa shape index (κ1) is 14.2. The number of nitrogens with one attached hydrogen (secondary N) is 1. The molecule has 0 bridgehead atoms. The quantitative estimate of drug-likeness (QED) is 0.868. The highest BCUT2D eigenvalue weighted by atomic mass is 15.2. The molecule has 0 radical (unpaired) electrons. The van der Waals surface area contributed by atoms with E-state index in [1.807, 2.05) is 0 Å². The van der Waals surface area contributed by atoms with Crippen molar-refractivity contribution >= 4 is 11.6 Å². The van der Waals surface area contributed by atoms with Gasteiger partial charge in [-0.15, -0.1) is 0 Å². The van der Waals surface area contributed by atoms with Crippen molar-refractivity contribution in [2.75, 3.05) is 5.32 Å². The summed E-state index contributed by atoms with van der Waals surface area (Å²) in [6.07, 6.45) is 9.57. The highest BCUT2D eigenvalue weighted by Gasteiger charge is 2.14. The van der Waals surface area contributed by atoms with Crippen LogP contribution < -0.4 is 5.32 Å². The van der Waals surface area contributed by atoms with Crippen molar-refractivity contribution in [2.24, 2.45) is 0 Å². The summed E-state index contributed by atoms with van der Waals surface area (Å²) < 4.78 is 2.25. The van der Waals surface area contributed by atoms with E-state index in [0.717, 1.165) is 18.2 Å². The highest BCUT2D eigenvalue weighted by molar-refractivity contribution is 5.61. The molecule has 3 rings (SSSR count). The molecule has 0 aliphatic heterocycles.